The van der Waals surface area contributed by atoms with Gasteiger partial charge in [-0.05, 0) is 55.2 Å². The Morgan fingerprint density at radius 3 is 2.48 bits per heavy atom. The fraction of sp³-hybridized carbons (Fsp3) is 0.316. The fourth-order valence-corrected chi connectivity index (χ4v) is 2.35. The van der Waals surface area contributed by atoms with Gasteiger partial charge in [-0.2, -0.15) is 0 Å². The summed E-state index contributed by atoms with van der Waals surface area (Å²) in [6.07, 6.45) is 0.386. The number of ether oxygens (including phenoxy) is 1. The van der Waals surface area contributed by atoms with Crippen LogP contribution < -0.4 is 10.1 Å². The third-order valence-corrected chi connectivity index (χ3v) is 4.18. The highest BCUT2D eigenvalue weighted by Crippen LogP contribution is 2.21. The molecule has 0 radical (unpaired) electrons. The minimum atomic E-state index is -0.00112. The van der Waals surface area contributed by atoms with Gasteiger partial charge in [0.2, 0.25) is 5.91 Å². The Kier molecular flexibility index (Phi) is 6.05. The molecular formula is C19H22ClNO2. The highest BCUT2D eigenvalue weighted by atomic mass is 35.5. The number of rotatable bonds is 6. The number of carbonyl (C=O) groups excluding carboxylic acids is 1. The molecule has 0 heterocycles. The van der Waals surface area contributed by atoms with Crippen LogP contribution in [-0.4, -0.2) is 19.1 Å². The Morgan fingerprint density at radius 2 is 1.78 bits per heavy atom. The van der Waals surface area contributed by atoms with Gasteiger partial charge in [0, 0.05) is 5.02 Å². The molecule has 0 bridgehead atoms. The lowest BCUT2D eigenvalue weighted by Crippen LogP contribution is -2.29. The van der Waals surface area contributed by atoms with Gasteiger partial charge in [0.1, 0.15) is 12.4 Å². The molecule has 2 rings (SSSR count). The van der Waals surface area contributed by atoms with Gasteiger partial charge >= 0.3 is 0 Å². The number of aryl methyl sites for hydroxylation is 3. The number of halogens is 1. The molecule has 1 amide bonds. The maximum absolute atomic E-state index is 11.9. The van der Waals surface area contributed by atoms with Crippen molar-refractivity contribution in [1.29, 1.82) is 0 Å². The largest absolute Gasteiger partial charge is 0.492 e. The van der Waals surface area contributed by atoms with Crippen molar-refractivity contribution in [2.75, 3.05) is 13.2 Å². The summed E-state index contributed by atoms with van der Waals surface area (Å²) in [4.78, 5) is 11.9. The van der Waals surface area contributed by atoms with Crippen LogP contribution in [0.2, 0.25) is 5.02 Å². The second-order valence-corrected chi connectivity index (χ2v) is 6.11. The van der Waals surface area contributed by atoms with Crippen molar-refractivity contribution in [1.82, 2.24) is 5.32 Å². The standard InChI is InChI=1S/C19H22ClNO2/c1-13-4-6-16(10-15(13)3)11-19(22)21-8-9-23-17-7-5-14(2)18(20)12-17/h4-7,10,12H,8-9,11H2,1-3H3,(H,21,22). The maximum atomic E-state index is 11.9. The van der Waals surface area contributed by atoms with E-state index in [9.17, 15) is 4.79 Å². The first-order valence-electron chi connectivity index (χ1n) is 7.67. The molecule has 0 unspecified atom stereocenters. The molecule has 122 valence electrons. The van der Waals surface area contributed by atoms with Crippen LogP contribution in [0.25, 0.3) is 0 Å². The molecule has 0 aromatic heterocycles. The van der Waals surface area contributed by atoms with Gasteiger partial charge < -0.3 is 10.1 Å². The zero-order valence-corrected chi connectivity index (χ0v) is 14.5. The van der Waals surface area contributed by atoms with E-state index in [0.29, 0.717) is 30.3 Å². The van der Waals surface area contributed by atoms with Crippen LogP contribution in [0.15, 0.2) is 36.4 Å². The zero-order valence-electron chi connectivity index (χ0n) is 13.8. The van der Waals surface area contributed by atoms with E-state index in [-0.39, 0.29) is 5.91 Å². The zero-order chi connectivity index (χ0) is 16.8. The predicted octanol–water partition coefficient (Wildman–Crippen LogP) is 4.00. The Morgan fingerprint density at radius 1 is 1.04 bits per heavy atom. The first-order valence-corrected chi connectivity index (χ1v) is 8.05. The SMILES string of the molecule is Cc1ccc(CC(=O)NCCOc2ccc(C)c(Cl)c2)cc1C. The van der Waals surface area contributed by atoms with Crippen molar-refractivity contribution in [3.8, 4) is 5.75 Å². The fourth-order valence-electron chi connectivity index (χ4n) is 2.18. The van der Waals surface area contributed by atoms with E-state index in [2.05, 4.69) is 25.2 Å². The Balaban J connectivity index is 1.74. The summed E-state index contributed by atoms with van der Waals surface area (Å²) in [5.41, 5.74) is 4.48. The normalized spacial score (nSPS) is 10.4. The lowest BCUT2D eigenvalue weighted by molar-refractivity contribution is -0.120. The lowest BCUT2D eigenvalue weighted by Gasteiger charge is -2.09. The number of amides is 1. The van der Waals surface area contributed by atoms with E-state index in [1.807, 2.05) is 31.2 Å². The molecule has 3 nitrogen and oxygen atoms in total. The highest BCUT2D eigenvalue weighted by molar-refractivity contribution is 6.31. The second kappa shape index (κ2) is 8.02. The maximum Gasteiger partial charge on any atom is 0.224 e. The van der Waals surface area contributed by atoms with E-state index >= 15 is 0 Å². The monoisotopic (exact) mass is 331 g/mol. The van der Waals surface area contributed by atoms with Crippen LogP contribution in [0.4, 0.5) is 0 Å². The molecule has 4 heteroatoms. The van der Waals surface area contributed by atoms with Gasteiger partial charge in [0.15, 0.2) is 0 Å². The molecule has 1 N–H and O–H groups in total. The molecular weight excluding hydrogens is 310 g/mol. The summed E-state index contributed by atoms with van der Waals surface area (Å²) in [6.45, 7) is 6.94. The Labute approximate surface area is 142 Å². The van der Waals surface area contributed by atoms with Gasteiger partial charge in [0.05, 0.1) is 13.0 Å². The minimum absolute atomic E-state index is 0.00112. The average Bonchev–Trinajstić information content (AvgIpc) is 2.51. The number of hydrogen-bond acceptors (Lipinski definition) is 2. The quantitative estimate of drug-likeness (QED) is 0.812. The summed E-state index contributed by atoms with van der Waals surface area (Å²) >= 11 is 6.04. The van der Waals surface area contributed by atoms with Gasteiger partial charge in [-0.1, -0.05) is 35.9 Å². The third kappa shape index (κ3) is 5.29. The topological polar surface area (TPSA) is 38.3 Å². The van der Waals surface area contributed by atoms with Crippen LogP contribution in [-0.2, 0) is 11.2 Å². The number of nitrogens with one attached hydrogen (secondary N) is 1. The molecule has 0 fully saturated rings. The average molecular weight is 332 g/mol. The van der Waals surface area contributed by atoms with Crippen molar-refractivity contribution >= 4 is 17.5 Å². The molecule has 23 heavy (non-hydrogen) atoms. The van der Waals surface area contributed by atoms with Gasteiger partial charge in [-0.3, -0.25) is 4.79 Å². The summed E-state index contributed by atoms with van der Waals surface area (Å²) in [5.74, 6) is 0.711. The lowest BCUT2D eigenvalue weighted by atomic mass is 10.0. The molecule has 0 atom stereocenters. The minimum Gasteiger partial charge on any atom is -0.492 e. The van der Waals surface area contributed by atoms with E-state index in [0.717, 1.165) is 11.1 Å². The molecule has 0 spiro atoms. The van der Waals surface area contributed by atoms with Crippen LogP contribution in [0.3, 0.4) is 0 Å². The summed E-state index contributed by atoms with van der Waals surface area (Å²) in [7, 11) is 0. The number of hydrogen-bond donors (Lipinski definition) is 1. The first-order chi connectivity index (χ1) is 11.0. The van der Waals surface area contributed by atoms with Crippen molar-refractivity contribution in [3.63, 3.8) is 0 Å². The molecule has 0 aliphatic rings. The van der Waals surface area contributed by atoms with Crippen molar-refractivity contribution in [2.24, 2.45) is 0 Å². The van der Waals surface area contributed by atoms with Crippen molar-refractivity contribution < 1.29 is 9.53 Å². The van der Waals surface area contributed by atoms with E-state index < -0.39 is 0 Å². The van der Waals surface area contributed by atoms with E-state index in [4.69, 9.17) is 16.3 Å². The van der Waals surface area contributed by atoms with Gasteiger partial charge in [-0.25, -0.2) is 0 Å². The number of carbonyl (C=O) groups is 1. The second-order valence-electron chi connectivity index (χ2n) is 5.70. The van der Waals surface area contributed by atoms with Crippen molar-refractivity contribution in [3.05, 3.63) is 63.7 Å². The van der Waals surface area contributed by atoms with Gasteiger partial charge in [-0.15, -0.1) is 0 Å². The van der Waals surface area contributed by atoms with E-state index in [1.54, 1.807) is 6.07 Å². The Hall–Kier alpha value is -2.00. The van der Waals surface area contributed by atoms with Crippen LogP contribution in [0.5, 0.6) is 5.75 Å². The summed E-state index contributed by atoms with van der Waals surface area (Å²) < 4.78 is 5.58. The van der Waals surface area contributed by atoms with Crippen molar-refractivity contribution in [2.45, 2.75) is 27.2 Å². The number of benzene rings is 2. The third-order valence-electron chi connectivity index (χ3n) is 3.77. The first kappa shape index (κ1) is 17.4. The molecule has 0 saturated heterocycles. The predicted molar refractivity (Wildman–Crippen MR) is 94.3 cm³/mol. The molecule has 0 aliphatic heterocycles. The molecule has 2 aromatic carbocycles. The molecule has 0 saturated carbocycles. The van der Waals surface area contributed by atoms with Crippen LogP contribution in [0, 0.1) is 20.8 Å². The van der Waals surface area contributed by atoms with Crippen LogP contribution >= 0.6 is 11.6 Å². The van der Waals surface area contributed by atoms with Crippen LogP contribution in [0.1, 0.15) is 22.3 Å². The van der Waals surface area contributed by atoms with E-state index in [1.165, 1.54) is 11.1 Å². The smallest absolute Gasteiger partial charge is 0.224 e. The molecule has 2 aromatic rings. The van der Waals surface area contributed by atoms with Gasteiger partial charge in [0.25, 0.3) is 0 Å². The highest BCUT2D eigenvalue weighted by Gasteiger charge is 2.04. The summed E-state index contributed by atoms with van der Waals surface area (Å²) in [6, 6.07) is 11.7. The summed E-state index contributed by atoms with van der Waals surface area (Å²) in [5, 5.41) is 3.55. The Bertz CT molecular complexity index is 698. The molecule has 0 aliphatic carbocycles.